The van der Waals surface area contributed by atoms with Gasteiger partial charge in [0.15, 0.2) is 11.5 Å². The molecule has 0 bridgehead atoms. The molecule has 0 radical (unpaired) electrons. The van der Waals surface area contributed by atoms with Crippen LogP contribution in [0.3, 0.4) is 0 Å². The molecule has 2 aliphatic rings. The fourth-order valence-electron chi connectivity index (χ4n) is 3.90. The van der Waals surface area contributed by atoms with Crippen molar-refractivity contribution in [3.05, 3.63) is 65.2 Å². The lowest BCUT2D eigenvalue weighted by Gasteiger charge is -2.14. The van der Waals surface area contributed by atoms with Crippen molar-refractivity contribution in [1.82, 2.24) is 10.6 Å². The molecule has 0 spiro atoms. The molecule has 7 nitrogen and oxygen atoms in total. The van der Waals surface area contributed by atoms with Crippen molar-refractivity contribution >= 4 is 17.5 Å². The Kier molecular flexibility index (Phi) is 7.27. The van der Waals surface area contributed by atoms with E-state index in [-0.39, 0.29) is 25.2 Å². The van der Waals surface area contributed by atoms with Crippen LogP contribution in [-0.4, -0.2) is 31.7 Å². The fraction of sp³-hybridized carbons (Fsp3) is 0.360. The number of anilines is 1. The number of amides is 2. The monoisotopic (exact) mass is 435 g/mol. The first kappa shape index (κ1) is 21.7. The van der Waals surface area contributed by atoms with Crippen LogP contribution in [0.4, 0.5) is 5.69 Å². The van der Waals surface area contributed by atoms with E-state index in [0.29, 0.717) is 35.8 Å². The van der Waals surface area contributed by atoms with Gasteiger partial charge >= 0.3 is 0 Å². The average Bonchev–Trinajstić information content (AvgIpc) is 3.30. The van der Waals surface area contributed by atoms with Crippen LogP contribution in [0.5, 0.6) is 11.5 Å². The number of carbonyl (C=O) groups excluding carboxylic acids is 2. The molecular formula is C25H29N3O4. The number of nitrogens with one attached hydrogen (secondary N) is 3. The van der Waals surface area contributed by atoms with Crippen LogP contribution in [-0.2, 0) is 11.3 Å². The van der Waals surface area contributed by atoms with Gasteiger partial charge in [0.2, 0.25) is 12.7 Å². The predicted molar refractivity (Wildman–Crippen MR) is 123 cm³/mol. The van der Waals surface area contributed by atoms with Crippen molar-refractivity contribution in [3.8, 4) is 11.5 Å². The molecule has 0 aromatic heterocycles. The number of ether oxygens (including phenoxy) is 2. The summed E-state index contributed by atoms with van der Waals surface area (Å²) in [6.45, 7) is 1.34. The molecule has 0 unspecified atom stereocenters. The summed E-state index contributed by atoms with van der Waals surface area (Å²) in [4.78, 5) is 25.0. The average molecular weight is 436 g/mol. The number of rotatable bonds is 9. The summed E-state index contributed by atoms with van der Waals surface area (Å²) in [5.74, 6) is 1.10. The highest BCUT2D eigenvalue weighted by molar-refractivity contribution is 6.00. The van der Waals surface area contributed by atoms with Crippen molar-refractivity contribution in [3.63, 3.8) is 0 Å². The zero-order valence-electron chi connectivity index (χ0n) is 18.1. The molecule has 0 saturated heterocycles. The maximum Gasteiger partial charge on any atom is 0.253 e. The smallest absolute Gasteiger partial charge is 0.253 e. The zero-order valence-corrected chi connectivity index (χ0v) is 18.1. The Morgan fingerprint density at radius 3 is 2.72 bits per heavy atom. The molecule has 168 valence electrons. The molecule has 2 aromatic carbocycles. The number of fused-ring (bicyclic) bond motifs is 1. The second-order valence-electron chi connectivity index (χ2n) is 7.98. The summed E-state index contributed by atoms with van der Waals surface area (Å²) >= 11 is 0. The molecule has 0 fully saturated rings. The van der Waals surface area contributed by atoms with E-state index < -0.39 is 0 Å². The van der Waals surface area contributed by atoms with Crippen LogP contribution in [0, 0.1) is 0 Å². The van der Waals surface area contributed by atoms with E-state index in [4.69, 9.17) is 9.47 Å². The number of hydrogen-bond donors (Lipinski definition) is 3. The highest BCUT2D eigenvalue weighted by Gasteiger charge is 2.15. The highest BCUT2D eigenvalue weighted by Crippen LogP contribution is 2.32. The fourth-order valence-corrected chi connectivity index (χ4v) is 3.90. The Morgan fingerprint density at radius 2 is 1.84 bits per heavy atom. The van der Waals surface area contributed by atoms with E-state index in [1.807, 2.05) is 24.3 Å². The van der Waals surface area contributed by atoms with Crippen LogP contribution in [0.1, 0.15) is 48.0 Å². The van der Waals surface area contributed by atoms with E-state index >= 15 is 0 Å². The molecule has 7 heteroatoms. The quantitative estimate of drug-likeness (QED) is 0.522. The van der Waals surface area contributed by atoms with Gasteiger partial charge in [-0.3, -0.25) is 9.59 Å². The Morgan fingerprint density at radius 1 is 0.969 bits per heavy atom. The Bertz CT molecular complexity index is 1000. The van der Waals surface area contributed by atoms with Crippen molar-refractivity contribution in [1.29, 1.82) is 0 Å². The zero-order chi connectivity index (χ0) is 22.2. The lowest BCUT2D eigenvalue weighted by Crippen LogP contribution is -2.31. The Hall–Kier alpha value is -3.48. The SMILES string of the molecule is O=C(CNc1ccccc1C(=O)NCc1ccc2c(c1)OCO2)NCCC1=CCCCC1. The molecule has 0 atom stereocenters. The number of allylic oxidation sites excluding steroid dienone is 1. The van der Waals surface area contributed by atoms with Crippen LogP contribution < -0.4 is 25.4 Å². The third kappa shape index (κ3) is 5.81. The first-order chi connectivity index (χ1) is 15.7. The molecular weight excluding hydrogens is 406 g/mol. The summed E-state index contributed by atoms with van der Waals surface area (Å²) < 4.78 is 10.7. The van der Waals surface area contributed by atoms with E-state index in [1.165, 1.54) is 18.4 Å². The van der Waals surface area contributed by atoms with Gasteiger partial charge < -0.3 is 25.4 Å². The highest BCUT2D eigenvalue weighted by atomic mass is 16.7. The number of benzene rings is 2. The first-order valence-corrected chi connectivity index (χ1v) is 11.1. The lowest BCUT2D eigenvalue weighted by molar-refractivity contribution is -0.119. The largest absolute Gasteiger partial charge is 0.454 e. The summed E-state index contributed by atoms with van der Waals surface area (Å²) in [7, 11) is 0. The molecule has 1 aliphatic heterocycles. The van der Waals surface area contributed by atoms with Gasteiger partial charge in [0.25, 0.3) is 5.91 Å². The van der Waals surface area contributed by atoms with Gasteiger partial charge in [0.1, 0.15) is 0 Å². The van der Waals surface area contributed by atoms with Crippen LogP contribution in [0.2, 0.25) is 0 Å². The summed E-state index contributed by atoms with van der Waals surface area (Å²) in [6, 6.07) is 12.8. The van der Waals surface area contributed by atoms with Gasteiger partial charge in [0, 0.05) is 18.8 Å². The second kappa shape index (κ2) is 10.7. The van der Waals surface area contributed by atoms with Crippen LogP contribution in [0.15, 0.2) is 54.1 Å². The summed E-state index contributed by atoms with van der Waals surface area (Å²) in [5.41, 5.74) is 3.48. The van der Waals surface area contributed by atoms with Gasteiger partial charge in [0.05, 0.1) is 12.1 Å². The van der Waals surface area contributed by atoms with E-state index in [2.05, 4.69) is 22.0 Å². The van der Waals surface area contributed by atoms with Crippen molar-refractivity contribution < 1.29 is 19.1 Å². The third-order valence-corrected chi connectivity index (χ3v) is 5.65. The van der Waals surface area contributed by atoms with Crippen molar-refractivity contribution in [2.75, 3.05) is 25.2 Å². The van der Waals surface area contributed by atoms with Crippen molar-refractivity contribution in [2.45, 2.75) is 38.6 Å². The standard InChI is InChI=1S/C25H29N3O4/c29-24(26-13-12-18-6-2-1-3-7-18)16-27-21-9-5-4-8-20(21)25(30)28-15-19-10-11-22-23(14-19)32-17-31-22/h4-6,8-11,14,27H,1-3,7,12-13,15-17H2,(H,26,29)(H,28,30). The third-order valence-electron chi connectivity index (χ3n) is 5.65. The normalized spacial score (nSPS) is 14.4. The van der Waals surface area contributed by atoms with Gasteiger partial charge in [-0.05, 0) is 61.9 Å². The number of hydrogen-bond acceptors (Lipinski definition) is 5. The summed E-state index contributed by atoms with van der Waals surface area (Å²) in [6.07, 6.45) is 8.01. The van der Waals surface area contributed by atoms with Gasteiger partial charge in [-0.2, -0.15) is 0 Å². The molecule has 4 rings (SSSR count). The van der Waals surface area contributed by atoms with E-state index in [1.54, 1.807) is 18.2 Å². The van der Waals surface area contributed by atoms with Crippen LogP contribution >= 0.6 is 0 Å². The summed E-state index contributed by atoms with van der Waals surface area (Å²) in [5, 5.41) is 8.96. The molecule has 2 amide bonds. The minimum absolute atomic E-state index is 0.0861. The number of carbonyl (C=O) groups is 2. The maximum atomic E-state index is 12.8. The molecule has 32 heavy (non-hydrogen) atoms. The topological polar surface area (TPSA) is 88.7 Å². The number of para-hydroxylation sites is 1. The molecule has 3 N–H and O–H groups in total. The minimum Gasteiger partial charge on any atom is -0.454 e. The second-order valence-corrected chi connectivity index (χ2v) is 7.98. The molecule has 1 heterocycles. The van der Waals surface area contributed by atoms with E-state index in [0.717, 1.165) is 24.8 Å². The Balaban J connectivity index is 1.25. The van der Waals surface area contributed by atoms with Gasteiger partial charge in [-0.25, -0.2) is 0 Å². The van der Waals surface area contributed by atoms with E-state index in [9.17, 15) is 9.59 Å². The predicted octanol–water partition coefficient (Wildman–Crippen LogP) is 3.76. The van der Waals surface area contributed by atoms with Gasteiger partial charge in [-0.15, -0.1) is 0 Å². The van der Waals surface area contributed by atoms with Crippen LogP contribution in [0.25, 0.3) is 0 Å². The molecule has 0 saturated carbocycles. The maximum absolute atomic E-state index is 12.8. The lowest BCUT2D eigenvalue weighted by atomic mass is 9.97. The van der Waals surface area contributed by atoms with Crippen molar-refractivity contribution in [2.24, 2.45) is 0 Å². The first-order valence-electron chi connectivity index (χ1n) is 11.1. The van der Waals surface area contributed by atoms with Gasteiger partial charge in [-0.1, -0.05) is 29.8 Å². The molecule has 2 aromatic rings. The minimum atomic E-state index is -0.213. The molecule has 1 aliphatic carbocycles. The Labute approximate surface area is 188 Å².